The van der Waals surface area contributed by atoms with E-state index in [9.17, 15) is 0 Å². The maximum atomic E-state index is 6.15. The molecule has 0 saturated carbocycles. The molecule has 5 heteroatoms. The van der Waals surface area contributed by atoms with Crippen molar-refractivity contribution in [2.45, 2.75) is 12.5 Å². The maximum Gasteiger partial charge on any atom is 0.138 e. The molecule has 0 spiro atoms. The van der Waals surface area contributed by atoms with Crippen molar-refractivity contribution in [3.63, 3.8) is 0 Å². The third-order valence-electron chi connectivity index (χ3n) is 3.28. The molecule has 20 heavy (non-hydrogen) atoms. The van der Waals surface area contributed by atoms with Gasteiger partial charge in [-0.05, 0) is 24.6 Å². The van der Waals surface area contributed by atoms with E-state index in [2.05, 4.69) is 10.3 Å². The minimum Gasteiger partial charge on any atom is -0.490 e. The van der Waals surface area contributed by atoms with Crippen LogP contribution in [-0.2, 0) is 0 Å². The molecule has 1 atom stereocenters. The average molecular weight is 311 g/mol. The second-order valence-electron chi connectivity index (χ2n) is 4.63. The zero-order valence-corrected chi connectivity index (χ0v) is 12.5. The van der Waals surface area contributed by atoms with E-state index in [0.717, 1.165) is 23.4 Å². The predicted molar refractivity (Wildman–Crippen MR) is 83.8 cm³/mol. The van der Waals surface area contributed by atoms with Crippen molar-refractivity contribution in [2.75, 3.05) is 13.2 Å². The van der Waals surface area contributed by atoms with E-state index in [1.165, 1.54) is 6.42 Å². The van der Waals surface area contributed by atoms with Crippen LogP contribution in [0.5, 0.6) is 5.75 Å². The van der Waals surface area contributed by atoms with Crippen molar-refractivity contribution in [3.8, 4) is 16.9 Å². The Morgan fingerprint density at radius 1 is 1.30 bits per heavy atom. The molecule has 2 heterocycles. The van der Waals surface area contributed by atoms with Crippen LogP contribution in [0.1, 0.15) is 6.42 Å². The van der Waals surface area contributed by atoms with Crippen molar-refractivity contribution in [2.24, 2.45) is 0 Å². The van der Waals surface area contributed by atoms with Crippen LogP contribution in [-0.4, -0.2) is 24.2 Å². The van der Waals surface area contributed by atoms with Gasteiger partial charge < -0.3 is 10.1 Å². The Labute approximate surface area is 129 Å². The van der Waals surface area contributed by atoms with E-state index in [1.807, 2.05) is 36.4 Å². The van der Waals surface area contributed by atoms with E-state index in [0.29, 0.717) is 17.8 Å². The summed E-state index contributed by atoms with van der Waals surface area (Å²) in [7, 11) is 0. The molecule has 106 valence electrons. The van der Waals surface area contributed by atoms with Gasteiger partial charge in [0.1, 0.15) is 17.5 Å². The molecule has 1 N–H and O–H groups in total. The summed E-state index contributed by atoms with van der Waals surface area (Å²) in [6, 6.07) is 12.4. The fraction of sp³-hybridized carbons (Fsp3) is 0.267. The summed E-state index contributed by atoms with van der Waals surface area (Å²) in [6.07, 6.45) is 2.85. The lowest BCUT2D eigenvalue weighted by Gasteiger charge is -2.27. The Hall–Kier alpha value is -1.29. The minimum atomic E-state index is 0. The summed E-state index contributed by atoms with van der Waals surface area (Å²) in [5, 5.41) is 3.80. The Morgan fingerprint density at radius 2 is 2.05 bits per heavy atom. The highest BCUT2D eigenvalue weighted by molar-refractivity contribution is 6.32. The van der Waals surface area contributed by atoms with Crippen molar-refractivity contribution in [3.05, 3.63) is 47.7 Å². The van der Waals surface area contributed by atoms with Crippen molar-refractivity contribution in [1.82, 2.24) is 10.3 Å². The molecule has 1 aromatic carbocycles. The molecule has 3 nitrogen and oxygen atoms in total. The molecule has 1 fully saturated rings. The Kier molecular flexibility index (Phi) is 5.24. The summed E-state index contributed by atoms with van der Waals surface area (Å²) in [4.78, 5) is 4.20. The predicted octanol–water partition coefficient (Wildman–Crippen LogP) is 3.56. The second kappa shape index (κ2) is 6.93. The highest BCUT2D eigenvalue weighted by Crippen LogP contribution is 2.29. The van der Waals surface area contributed by atoms with Gasteiger partial charge in [-0.15, -0.1) is 12.4 Å². The molecule has 1 saturated heterocycles. The van der Waals surface area contributed by atoms with Gasteiger partial charge in [-0.3, -0.25) is 0 Å². The van der Waals surface area contributed by atoms with Crippen LogP contribution in [0.15, 0.2) is 42.6 Å². The van der Waals surface area contributed by atoms with Crippen LogP contribution >= 0.6 is 24.0 Å². The molecule has 3 rings (SSSR count). The molecular weight excluding hydrogens is 295 g/mol. The molecule has 0 amide bonds. The average Bonchev–Trinajstić information content (AvgIpc) is 2.40. The van der Waals surface area contributed by atoms with E-state index in [4.69, 9.17) is 16.3 Å². The van der Waals surface area contributed by atoms with Gasteiger partial charge in [-0.2, -0.15) is 0 Å². The maximum absolute atomic E-state index is 6.15. The first-order chi connectivity index (χ1) is 9.33. The zero-order chi connectivity index (χ0) is 13.1. The molecular formula is C15H16Cl2N2O. The summed E-state index contributed by atoms with van der Waals surface area (Å²) in [6.45, 7) is 1.76. The smallest absolute Gasteiger partial charge is 0.138 e. The molecule has 1 aromatic heterocycles. The van der Waals surface area contributed by atoms with Gasteiger partial charge >= 0.3 is 0 Å². The molecule has 0 radical (unpaired) electrons. The number of ether oxygens (including phenoxy) is 1. The van der Waals surface area contributed by atoms with E-state index in [1.54, 1.807) is 6.20 Å². The van der Waals surface area contributed by atoms with Crippen LogP contribution in [0, 0.1) is 0 Å². The number of hydrogen-bond acceptors (Lipinski definition) is 3. The minimum absolute atomic E-state index is 0. The van der Waals surface area contributed by atoms with E-state index in [-0.39, 0.29) is 12.4 Å². The van der Waals surface area contributed by atoms with Crippen molar-refractivity contribution < 1.29 is 4.74 Å². The lowest BCUT2D eigenvalue weighted by atomic mass is 10.1. The van der Waals surface area contributed by atoms with Gasteiger partial charge in [0, 0.05) is 11.6 Å². The summed E-state index contributed by atoms with van der Waals surface area (Å²) in [5.41, 5.74) is 1.95. The Morgan fingerprint density at radius 3 is 2.70 bits per heavy atom. The van der Waals surface area contributed by atoms with Crippen LogP contribution in [0.4, 0.5) is 0 Å². The van der Waals surface area contributed by atoms with Gasteiger partial charge in [0.15, 0.2) is 0 Å². The third kappa shape index (κ3) is 3.42. The molecule has 1 aliphatic heterocycles. The highest BCUT2D eigenvalue weighted by Gasteiger charge is 2.17. The van der Waals surface area contributed by atoms with Gasteiger partial charge in [0.05, 0.1) is 6.20 Å². The molecule has 0 unspecified atom stereocenters. The Balaban J connectivity index is 0.00000147. The number of halogens is 2. The van der Waals surface area contributed by atoms with Gasteiger partial charge in [0.2, 0.25) is 0 Å². The van der Waals surface area contributed by atoms with Crippen molar-refractivity contribution >= 4 is 24.0 Å². The summed E-state index contributed by atoms with van der Waals surface area (Å²) < 4.78 is 5.74. The summed E-state index contributed by atoms with van der Waals surface area (Å²) >= 11 is 6.15. The number of benzene rings is 1. The number of nitrogens with one attached hydrogen (secondary N) is 1. The Bertz CT molecular complexity index is 559. The molecule has 2 aromatic rings. The lowest BCUT2D eigenvalue weighted by Crippen LogP contribution is -2.46. The van der Waals surface area contributed by atoms with E-state index >= 15 is 0 Å². The third-order valence-corrected chi connectivity index (χ3v) is 3.58. The molecule has 0 aliphatic carbocycles. The van der Waals surface area contributed by atoms with Crippen LogP contribution in [0.3, 0.4) is 0 Å². The fourth-order valence-corrected chi connectivity index (χ4v) is 2.23. The van der Waals surface area contributed by atoms with Crippen LogP contribution in [0.25, 0.3) is 11.1 Å². The van der Waals surface area contributed by atoms with Crippen molar-refractivity contribution in [1.29, 1.82) is 0 Å². The number of pyridine rings is 1. The summed E-state index contributed by atoms with van der Waals surface area (Å²) in [5.74, 6) is 0.761. The van der Waals surface area contributed by atoms with Gasteiger partial charge in [-0.1, -0.05) is 41.9 Å². The SMILES string of the molecule is Cl.Clc1ncc(OC[C@H]2CCN2)cc1-c1ccccc1. The molecule has 0 bridgehead atoms. The van der Waals surface area contributed by atoms with Gasteiger partial charge in [-0.25, -0.2) is 4.98 Å². The van der Waals surface area contributed by atoms with Crippen LogP contribution < -0.4 is 10.1 Å². The molecule has 1 aliphatic rings. The number of nitrogens with zero attached hydrogens (tertiary/aromatic N) is 1. The number of aromatic nitrogens is 1. The first-order valence-corrected chi connectivity index (χ1v) is 6.78. The topological polar surface area (TPSA) is 34.1 Å². The van der Waals surface area contributed by atoms with E-state index < -0.39 is 0 Å². The normalized spacial score (nSPS) is 16.9. The quantitative estimate of drug-likeness (QED) is 0.877. The standard InChI is InChI=1S/C15H15ClN2O.ClH/c16-15-14(11-4-2-1-3-5-11)8-13(9-18-15)19-10-12-6-7-17-12;/h1-5,8-9,12,17H,6-7,10H2;1H/t12-;/m1./s1. The monoisotopic (exact) mass is 310 g/mol. The fourth-order valence-electron chi connectivity index (χ4n) is 2.02. The number of hydrogen-bond donors (Lipinski definition) is 1. The first kappa shape index (κ1) is 15.1. The zero-order valence-electron chi connectivity index (χ0n) is 10.9. The first-order valence-electron chi connectivity index (χ1n) is 6.40. The lowest BCUT2D eigenvalue weighted by molar-refractivity contribution is 0.217. The van der Waals surface area contributed by atoms with Gasteiger partial charge in [0.25, 0.3) is 0 Å². The number of rotatable bonds is 4. The highest BCUT2D eigenvalue weighted by atomic mass is 35.5. The second-order valence-corrected chi connectivity index (χ2v) is 4.98. The largest absolute Gasteiger partial charge is 0.490 e. The van der Waals surface area contributed by atoms with Crippen LogP contribution in [0.2, 0.25) is 5.15 Å².